The van der Waals surface area contributed by atoms with E-state index in [2.05, 4.69) is 23.8 Å². The van der Waals surface area contributed by atoms with Crippen LogP contribution in [0.5, 0.6) is 0 Å². The molecule has 1 aliphatic carbocycles. The molecule has 116 valence electrons. The summed E-state index contributed by atoms with van der Waals surface area (Å²) < 4.78 is 4.91. The molecule has 0 radical (unpaired) electrons. The maximum atomic E-state index is 11.9. The summed E-state index contributed by atoms with van der Waals surface area (Å²) in [5, 5.41) is 0. The summed E-state index contributed by atoms with van der Waals surface area (Å²) in [6, 6.07) is 0.932. The molecule has 5 nitrogen and oxygen atoms in total. The van der Waals surface area contributed by atoms with Gasteiger partial charge in [-0.3, -0.25) is 9.69 Å². The quantitative estimate of drug-likeness (QED) is 0.761. The van der Waals surface area contributed by atoms with Gasteiger partial charge in [0.2, 0.25) is 0 Å². The van der Waals surface area contributed by atoms with Crippen LogP contribution in [0.3, 0.4) is 0 Å². The van der Waals surface area contributed by atoms with Gasteiger partial charge in [-0.2, -0.15) is 0 Å². The number of hydrogen-bond donors (Lipinski definition) is 1. The lowest BCUT2D eigenvalue weighted by atomic mass is 9.78. The Hall–Kier alpha value is -0.650. The van der Waals surface area contributed by atoms with Crippen LogP contribution in [0.1, 0.15) is 39.0 Å². The van der Waals surface area contributed by atoms with Gasteiger partial charge in [0.15, 0.2) is 0 Å². The minimum atomic E-state index is -0.782. The molecule has 3 atom stereocenters. The Morgan fingerprint density at radius 2 is 2.10 bits per heavy atom. The highest BCUT2D eigenvalue weighted by Crippen LogP contribution is 2.32. The Kier molecular flexibility index (Phi) is 5.04. The minimum Gasteiger partial charge on any atom is -0.468 e. The largest absolute Gasteiger partial charge is 0.468 e. The second kappa shape index (κ2) is 6.41. The van der Waals surface area contributed by atoms with Crippen molar-refractivity contribution in [1.82, 2.24) is 9.80 Å². The first-order valence-electron chi connectivity index (χ1n) is 7.78. The Morgan fingerprint density at radius 3 is 2.80 bits per heavy atom. The molecule has 2 rings (SSSR count). The highest BCUT2D eigenvalue weighted by atomic mass is 16.5. The smallest absolute Gasteiger partial charge is 0.325 e. The molecule has 1 aliphatic heterocycles. The summed E-state index contributed by atoms with van der Waals surface area (Å²) in [4.78, 5) is 16.9. The van der Waals surface area contributed by atoms with E-state index >= 15 is 0 Å². The molecule has 5 heteroatoms. The number of esters is 1. The molecule has 0 bridgehead atoms. The zero-order valence-corrected chi connectivity index (χ0v) is 13.1. The Balaban J connectivity index is 2.06. The normalized spacial score (nSPS) is 37.4. The van der Waals surface area contributed by atoms with Gasteiger partial charge < -0.3 is 15.4 Å². The van der Waals surface area contributed by atoms with Crippen LogP contribution in [0.25, 0.3) is 0 Å². The lowest BCUT2D eigenvalue weighted by Crippen LogP contribution is -2.57. The lowest BCUT2D eigenvalue weighted by Gasteiger charge is -2.43. The average molecular weight is 283 g/mol. The SMILES string of the molecule is COC(=O)C1(N)CCCC(N2CCCN(C)CC2C)C1. The Labute approximate surface area is 122 Å². The van der Waals surface area contributed by atoms with Gasteiger partial charge in [0.25, 0.3) is 0 Å². The molecule has 0 aromatic rings. The van der Waals surface area contributed by atoms with Crippen molar-refractivity contribution in [3.05, 3.63) is 0 Å². The first-order valence-corrected chi connectivity index (χ1v) is 7.78. The monoisotopic (exact) mass is 283 g/mol. The van der Waals surface area contributed by atoms with Gasteiger partial charge in [0.1, 0.15) is 5.54 Å². The molecule has 1 heterocycles. The van der Waals surface area contributed by atoms with Crippen molar-refractivity contribution in [3.63, 3.8) is 0 Å². The van der Waals surface area contributed by atoms with Crippen LogP contribution in [-0.4, -0.2) is 67.2 Å². The van der Waals surface area contributed by atoms with E-state index in [1.807, 2.05) is 0 Å². The van der Waals surface area contributed by atoms with Gasteiger partial charge >= 0.3 is 5.97 Å². The summed E-state index contributed by atoms with van der Waals surface area (Å²) in [6.45, 7) is 5.63. The van der Waals surface area contributed by atoms with Gasteiger partial charge in [-0.25, -0.2) is 0 Å². The van der Waals surface area contributed by atoms with Gasteiger partial charge in [-0.05, 0) is 59.2 Å². The molecular weight excluding hydrogens is 254 g/mol. The van der Waals surface area contributed by atoms with E-state index in [-0.39, 0.29) is 5.97 Å². The standard InChI is InChI=1S/C15H29N3O2/c1-12-11-17(2)8-5-9-18(12)13-6-4-7-15(16,10-13)14(19)20-3/h12-13H,4-11,16H2,1-3H3. The van der Waals surface area contributed by atoms with Crippen molar-refractivity contribution in [2.45, 2.75) is 56.7 Å². The van der Waals surface area contributed by atoms with Crippen LogP contribution in [0.15, 0.2) is 0 Å². The number of nitrogens with two attached hydrogens (primary N) is 1. The van der Waals surface area contributed by atoms with Gasteiger partial charge in [0.05, 0.1) is 7.11 Å². The number of carbonyl (C=O) groups excluding carboxylic acids is 1. The van der Waals surface area contributed by atoms with Gasteiger partial charge in [0, 0.05) is 18.6 Å². The third-order valence-corrected chi connectivity index (χ3v) is 4.92. The number of methoxy groups -OCH3 is 1. The molecule has 2 aliphatic rings. The van der Waals surface area contributed by atoms with Crippen molar-refractivity contribution in [1.29, 1.82) is 0 Å². The van der Waals surface area contributed by atoms with E-state index < -0.39 is 5.54 Å². The Bertz CT molecular complexity index is 350. The van der Waals surface area contributed by atoms with Crippen LogP contribution >= 0.6 is 0 Å². The number of ether oxygens (including phenoxy) is 1. The van der Waals surface area contributed by atoms with E-state index in [1.54, 1.807) is 0 Å². The zero-order valence-electron chi connectivity index (χ0n) is 13.1. The minimum absolute atomic E-state index is 0.248. The van der Waals surface area contributed by atoms with Gasteiger partial charge in [-0.15, -0.1) is 0 Å². The average Bonchev–Trinajstić information content (AvgIpc) is 2.58. The first-order chi connectivity index (χ1) is 9.46. The van der Waals surface area contributed by atoms with Crippen LogP contribution in [0.2, 0.25) is 0 Å². The number of rotatable bonds is 2. The maximum absolute atomic E-state index is 11.9. The molecule has 0 amide bonds. The summed E-state index contributed by atoms with van der Waals surface area (Å²) >= 11 is 0. The predicted octanol–water partition coefficient (Wildman–Crippen LogP) is 0.826. The van der Waals surface area contributed by atoms with Crippen LogP contribution in [0, 0.1) is 0 Å². The highest BCUT2D eigenvalue weighted by molar-refractivity contribution is 5.80. The molecule has 0 aromatic carbocycles. The van der Waals surface area contributed by atoms with E-state index in [0.29, 0.717) is 12.1 Å². The topological polar surface area (TPSA) is 58.8 Å². The summed E-state index contributed by atoms with van der Waals surface area (Å²) in [7, 11) is 3.62. The fourth-order valence-electron chi connectivity index (χ4n) is 3.88. The third kappa shape index (κ3) is 3.32. The molecule has 1 saturated heterocycles. The molecular formula is C15H29N3O2. The first kappa shape index (κ1) is 15.7. The van der Waals surface area contributed by atoms with Gasteiger partial charge in [-0.1, -0.05) is 0 Å². The second-order valence-electron chi connectivity index (χ2n) is 6.60. The predicted molar refractivity (Wildman–Crippen MR) is 79.5 cm³/mol. The van der Waals surface area contributed by atoms with E-state index in [0.717, 1.165) is 45.3 Å². The molecule has 2 N–H and O–H groups in total. The highest BCUT2D eigenvalue weighted by Gasteiger charge is 2.42. The lowest BCUT2D eigenvalue weighted by molar-refractivity contribution is -0.149. The fourth-order valence-corrected chi connectivity index (χ4v) is 3.88. The van der Waals surface area contributed by atoms with Crippen LogP contribution in [0.4, 0.5) is 0 Å². The number of likely N-dealkylation sites (N-methyl/N-ethyl adjacent to an activating group) is 1. The van der Waals surface area contributed by atoms with Crippen molar-refractivity contribution >= 4 is 5.97 Å². The fraction of sp³-hybridized carbons (Fsp3) is 0.933. The van der Waals surface area contributed by atoms with E-state index in [9.17, 15) is 4.79 Å². The molecule has 0 aromatic heterocycles. The number of nitrogens with zero attached hydrogens (tertiary/aromatic N) is 2. The molecule has 1 saturated carbocycles. The summed E-state index contributed by atoms with van der Waals surface area (Å²) in [5.74, 6) is -0.248. The molecule has 0 spiro atoms. The second-order valence-corrected chi connectivity index (χ2v) is 6.60. The molecule has 3 unspecified atom stereocenters. The van der Waals surface area contributed by atoms with E-state index in [4.69, 9.17) is 10.5 Å². The van der Waals surface area contributed by atoms with Crippen LogP contribution < -0.4 is 5.73 Å². The van der Waals surface area contributed by atoms with Crippen molar-refractivity contribution in [2.75, 3.05) is 33.8 Å². The molecule has 2 fully saturated rings. The van der Waals surface area contributed by atoms with Crippen LogP contribution in [-0.2, 0) is 9.53 Å². The molecule has 20 heavy (non-hydrogen) atoms. The summed E-state index contributed by atoms with van der Waals surface area (Å²) in [6.07, 6.45) is 4.82. The van der Waals surface area contributed by atoms with Crippen molar-refractivity contribution < 1.29 is 9.53 Å². The maximum Gasteiger partial charge on any atom is 0.325 e. The number of carbonyl (C=O) groups is 1. The van der Waals surface area contributed by atoms with Crippen molar-refractivity contribution in [3.8, 4) is 0 Å². The van der Waals surface area contributed by atoms with E-state index in [1.165, 1.54) is 13.5 Å². The zero-order chi connectivity index (χ0) is 14.8. The van der Waals surface area contributed by atoms with Crippen molar-refractivity contribution in [2.24, 2.45) is 5.73 Å². The third-order valence-electron chi connectivity index (χ3n) is 4.92. The number of hydrogen-bond acceptors (Lipinski definition) is 5. The Morgan fingerprint density at radius 1 is 1.35 bits per heavy atom. The summed E-state index contributed by atoms with van der Waals surface area (Å²) in [5.41, 5.74) is 5.53.